The topological polar surface area (TPSA) is 75.3 Å². The van der Waals surface area contributed by atoms with Gasteiger partial charge in [-0.05, 0) is 17.7 Å². The largest absolute Gasteiger partial charge is 0.493 e. The number of anilines is 1. The van der Waals surface area contributed by atoms with Crippen molar-refractivity contribution in [3.63, 3.8) is 0 Å². The first kappa shape index (κ1) is 16.4. The summed E-state index contributed by atoms with van der Waals surface area (Å²) in [7, 11) is 4.70. The van der Waals surface area contributed by atoms with Crippen molar-refractivity contribution in [1.82, 2.24) is 0 Å². The molecule has 0 unspecified atom stereocenters. The number of hydrogen-bond acceptors (Lipinski definition) is 6. The van der Waals surface area contributed by atoms with Crippen LogP contribution in [0.25, 0.3) is 0 Å². The van der Waals surface area contributed by atoms with Crippen molar-refractivity contribution in [1.29, 1.82) is 0 Å². The summed E-state index contributed by atoms with van der Waals surface area (Å²) in [4.78, 5) is 12.3. The lowest BCUT2D eigenvalue weighted by molar-refractivity contribution is -0.116. The van der Waals surface area contributed by atoms with Crippen LogP contribution in [0.1, 0.15) is 23.5 Å². The van der Waals surface area contributed by atoms with Crippen molar-refractivity contribution in [3.05, 3.63) is 35.4 Å². The zero-order valence-electron chi connectivity index (χ0n) is 14.8. The first-order valence-corrected chi connectivity index (χ1v) is 8.18. The Hall–Kier alpha value is -3.09. The minimum Gasteiger partial charge on any atom is -0.493 e. The van der Waals surface area contributed by atoms with Gasteiger partial charge in [0.15, 0.2) is 23.0 Å². The van der Waals surface area contributed by atoms with E-state index in [1.807, 2.05) is 18.2 Å². The number of carbonyl (C=O) groups excluding carboxylic acids is 1. The standard InChI is InChI=1S/C19H19NO6/c1-22-14-5-4-10(18(23-2)19(14)24-3)11-7-17(21)20-13-8-16-15(6-12(11)13)25-9-26-16/h4-6,8,11H,7,9H2,1-3H3,(H,20,21)/t11-/m1/s1. The Bertz CT molecular complexity index is 879. The highest BCUT2D eigenvalue weighted by Crippen LogP contribution is 2.49. The summed E-state index contributed by atoms with van der Waals surface area (Å²) in [6.45, 7) is 0.177. The van der Waals surface area contributed by atoms with Gasteiger partial charge in [0, 0.05) is 29.7 Å². The van der Waals surface area contributed by atoms with Gasteiger partial charge in [-0.3, -0.25) is 4.79 Å². The van der Waals surface area contributed by atoms with Crippen LogP contribution in [-0.4, -0.2) is 34.0 Å². The van der Waals surface area contributed by atoms with Gasteiger partial charge in [-0.2, -0.15) is 0 Å². The molecule has 1 N–H and O–H groups in total. The first-order chi connectivity index (χ1) is 12.7. The zero-order valence-corrected chi connectivity index (χ0v) is 14.8. The summed E-state index contributed by atoms with van der Waals surface area (Å²) >= 11 is 0. The Labute approximate surface area is 150 Å². The van der Waals surface area contributed by atoms with Crippen LogP contribution in [0.15, 0.2) is 24.3 Å². The summed E-state index contributed by atoms with van der Waals surface area (Å²) in [5.74, 6) is 2.64. The third-order valence-corrected chi connectivity index (χ3v) is 4.69. The maximum atomic E-state index is 12.3. The monoisotopic (exact) mass is 357 g/mol. The van der Waals surface area contributed by atoms with Gasteiger partial charge in [0.1, 0.15) is 0 Å². The van der Waals surface area contributed by atoms with Gasteiger partial charge >= 0.3 is 0 Å². The van der Waals surface area contributed by atoms with Gasteiger partial charge < -0.3 is 29.0 Å². The molecule has 1 amide bonds. The predicted molar refractivity (Wildman–Crippen MR) is 93.8 cm³/mol. The summed E-state index contributed by atoms with van der Waals surface area (Å²) in [5.41, 5.74) is 2.51. The molecule has 2 aliphatic heterocycles. The average Bonchev–Trinajstić information content (AvgIpc) is 3.11. The summed E-state index contributed by atoms with van der Waals surface area (Å²) in [6.07, 6.45) is 0.290. The molecule has 7 nitrogen and oxygen atoms in total. The van der Waals surface area contributed by atoms with E-state index in [0.717, 1.165) is 11.1 Å². The maximum absolute atomic E-state index is 12.3. The van der Waals surface area contributed by atoms with Crippen LogP contribution in [0.2, 0.25) is 0 Å². The molecule has 0 saturated carbocycles. The number of benzene rings is 2. The number of amides is 1. The summed E-state index contributed by atoms with van der Waals surface area (Å²) in [5, 5.41) is 2.91. The lowest BCUT2D eigenvalue weighted by atomic mass is 9.83. The van der Waals surface area contributed by atoms with E-state index in [9.17, 15) is 4.79 Å². The molecule has 136 valence electrons. The second-order valence-corrected chi connectivity index (χ2v) is 6.02. The van der Waals surface area contributed by atoms with Crippen molar-refractivity contribution in [2.75, 3.05) is 33.4 Å². The average molecular weight is 357 g/mol. The summed E-state index contributed by atoms with van der Waals surface area (Å²) < 4.78 is 27.4. The fourth-order valence-corrected chi connectivity index (χ4v) is 3.53. The normalized spacial score (nSPS) is 17.3. The molecule has 0 aliphatic carbocycles. The highest BCUT2D eigenvalue weighted by atomic mass is 16.7. The molecule has 0 saturated heterocycles. The van der Waals surface area contributed by atoms with E-state index in [-0.39, 0.29) is 18.6 Å². The van der Waals surface area contributed by atoms with Gasteiger partial charge in [-0.1, -0.05) is 6.07 Å². The van der Waals surface area contributed by atoms with Crippen LogP contribution in [0.5, 0.6) is 28.7 Å². The number of hydrogen-bond donors (Lipinski definition) is 1. The van der Waals surface area contributed by atoms with E-state index in [1.54, 1.807) is 27.4 Å². The molecule has 0 bridgehead atoms. The molecule has 0 radical (unpaired) electrons. The fourth-order valence-electron chi connectivity index (χ4n) is 3.53. The Morgan fingerprint density at radius 2 is 1.69 bits per heavy atom. The highest BCUT2D eigenvalue weighted by Gasteiger charge is 2.33. The first-order valence-electron chi connectivity index (χ1n) is 8.18. The maximum Gasteiger partial charge on any atom is 0.231 e. The minimum atomic E-state index is -0.206. The molecule has 7 heteroatoms. The molecule has 1 atom stereocenters. The van der Waals surface area contributed by atoms with Crippen molar-refractivity contribution >= 4 is 11.6 Å². The van der Waals surface area contributed by atoms with E-state index in [1.165, 1.54) is 0 Å². The van der Waals surface area contributed by atoms with E-state index in [0.29, 0.717) is 40.9 Å². The van der Waals surface area contributed by atoms with Crippen LogP contribution < -0.4 is 29.0 Å². The van der Waals surface area contributed by atoms with E-state index in [4.69, 9.17) is 23.7 Å². The fraction of sp³-hybridized carbons (Fsp3) is 0.316. The quantitative estimate of drug-likeness (QED) is 0.907. The summed E-state index contributed by atoms with van der Waals surface area (Å²) in [6, 6.07) is 7.43. The second kappa shape index (κ2) is 6.33. The van der Waals surface area contributed by atoms with Crippen LogP contribution in [-0.2, 0) is 4.79 Å². The van der Waals surface area contributed by atoms with E-state index < -0.39 is 0 Å². The van der Waals surface area contributed by atoms with Gasteiger partial charge in [0.2, 0.25) is 18.4 Å². The van der Waals surface area contributed by atoms with E-state index >= 15 is 0 Å². The second-order valence-electron chi connectivity index (χ2n) is 6.02. The molecule has 0 aromatic heterocycles. The molecule has 0 spiro atoms. The van der Waals surface area contributed by atoms with Crippen LogP contribution >= 0.6 is 0 Å². The molecular formula is C19H19NO6. The van der Waals surface area contributed by atoms with Crippen molar-refractivity contribution < 1.29 is 28.5 Å². The predicted octanol–water partition coefficient (Wildman–Crippen LogP) is 2.92. The molecule has 2 aliphatic rings. The third-order valence-electron chi connectivity index (χ3n) is 4.69. The number of ether oxygens (including phenoxy) is 5. The Morgan fingerprint density at radius 3 is 2.38 bits per heavy atom. The molecule has 2 heterocycles. The van der Waals surface area contributed by atoms with Gasteiger partial charge in [-0.25, -0.2) is 0 Å². The van der Waals surface area contributed by atoms with Gasteiger partial charge in [0.25, 0.3) is 0 Å². The lowest BCUT2D eigenvalue weighted by Crippen LogP contribution is -2.23. The third kappa shape index (κ3) is 2.47. The zero-order chi connectivity index (χ0) is 18.3. The molecule has 0 fully saturated rings. The molecule has 2 aromatic carbocycles. The molecule has 26 heavy (non-hydrogen) atoms. The SMILES string of the molecule is COc1ccc([C@H]2CC(=O)Nc3cc4c(cc32)OCO4)c(OC)c1OC. The van der Waals surface area contributed by atoms with Crippen molar-refractivity contribution in [3.8, 4) is 28.7 Å². The Balaban J connectivity index is 1.88. The van der Waals surface area contributed by atoms with E-state index in [2.05, 4.69) is 5.32 Å². The van der Waals surface area contributed by atoms with Crippen molar-refractivity contribution in [2.45, 2.75) is 12.3 Å². The van der Waals surface area contributed by atoms with Crippen LogP contribution in [0.4, 0.5) is 5.69 Å². The number of nitrogens with one attached hydrogen (secondary N) is 1. The lowest BCUT2D eigenvalue weighted by Gasteiger charge is -2.28. The molecular weight excluding hydrogens is 338 g/mol. The Kier molecular flexibility index (Phi) is 3.99. The number of fused-ring (bicyclic) bond motifs is 2. The molecule has 2 aromatic rings. The number of carbonyl (C=O) groups is 1. The smallest absolute Gasteiger partial charge is 0.231 e. The highest BCUT2D eigenvalue weighted by molar-refractivity contribution is 5.96. The minimum absolute atomic E-state index is 0.0711. The Morgan fingerprint density at radius 1 is 0.962 bits per heavy atom. The van der Waals surface area contributed by atoms with Gasteiger partial charge in [-0.15, -0.1) is 0 Å². The van der Waals surface area contributed by atoms with Crippen molar-refractivity contribution in [2.24, 2.45) is 0 Å². The van der Waals surface area contributed by atoms with Crippen LogP contribution in [0, 0.1) is 0 Å². The van der Waals surface area contributed by atoms with Crippen LogP contribution in [0.3, 0.4) is 0 Å². The number of rotatable bonds is 4. The van der Waals surface area contributed by atoms with Gasteiger partial charge in [0.05, 0.1) is 21.3 Å². The molecule has 4 rings (SSSR count). The number of methoxy groups -OCH3 is 3.